The van der Waals surface area contributed by atoms with Gasteiger partial charge < -0.3 is 9.47 Å². The van der Waals surface area contributed by atoms with E-state index in [-0.39, 0.29) is 36.0 Å². The molecule has 5 atom stereocenters. The van der Waals surface area contributed by atoms with Crippen LogP contribution in [0.15, 0.2) is 12.2 Å². The molecular weight excluding hydrogens is 172 g/mol. The lowest BCUT2D eigenvalue weighted by Crippen LogP contribution is -2.26. The number of cyclic esters (lactones) is 2. The molecule has 1 saturated carbocycles. The summed E-state index contributed by atoms with van der Waals surface area (Å²) >= 11 is 0. The summed E-state index contributed by atoms with van der Waals surface area (Å²) < 4.78 is 10.1. The van der Waals surface area contributed by atoms with Crippen molar-refractivity contribution in [2.45, 2.75) is 12.2 Å². The van der Waals surface area contributed by atoms with Gasteiger partial charge in [-0.2, -0.15) is 0 Å². The quantitative estimate of drug-likeness (QED) is 0.289. The Labute approximate surface area is 73.5 Å². The van der Waals surface area contributed by atoms with Crippen molar-refractivity contribution in [3.63, 3.8) is 0 Å². The lowest BCUT2D eigenvalue weighted by atomic mass is 9.93. The van der Waals surface area contributed by atoms with E-state index in [1.807, 2.05) is 12.2 Å². The third kappa shape index (κ3) is 0.403. The van der Waals surface area contributed by atoms with Gasteiger partial charge in [0.05, 0.1) is 18.1 Å². The second-order valence-corrected chi connectivity index (χ2v) is 4.05. The fraction of sp³-hybridized carbons (Fsp3) is 0.556. The predicted molar refractivity (Wildman–Crippen MR) is 38.3 cm³/mol. The molecule has 4 nitrogen and oxygen atoms in total. The number of ether oxygens (including phenoxy) is 2. The molecule has 3 fully saturated rings. The molecule has 13 heavy (non-hydrogen) atoms. The smallest absolute Gasteiger partial charge is 0.324 e. The second kappa shape index (κ2) is 1.46. The monoisotopic (exact) mass is 178 g/mol. The van der Waals surface area contributed by atoms with Gasteiger partial charge in [0.15, 0.2) is 0 Å². The van der Waals surface area contributed by atoms with Crippen molar-refractivity contribution >= 4 is 11.9 Å². The molecule has 3 heterocycles. The summed E-state index contributed by atoms with van der Waals surface area (Å²) in [6, 6.07) is 0. The van der Waals surface area contributed by atoms with Gasteiger partial charge in [-0.05, 0) is 0 Å². The molecule has 0 aromatic rings. The molecule has 1 spiro atoms. The largest absolute Gasteiger partial charge is 0.392 e. The van der Waals surface area contributed by atoms with E-state index in [1.165, 1.54) is 0 Å². The Balaban J connectivity index is 1.93. The van der Waals surface area contributed by atoms with Gasteiger partial charge in [-0.3, -0.25) is 9.59 Å². The molecule has 2 saturated heterocycles. The Morgan fingerprint density at radius 3 is 2.92 bits per heavy atom. The minimum absolute atomic E-state index is 0.0215. The van der Waals surface area contributed by atoms with E-state index >= 15 is 0 Å². The standard InChI is InChI=1S/C9H6O4/c10-7-6-5-3-1-2-4(12-3)9(5,6)8(11)13-7/h1-6H/t3-,4?,5?,6?,9?/m1/s1. The predicted octanol–water partition coefficient (Wildman–Crippen LogP) is -0.361. The average molecular weight is 178 g/mol. The van der Waals surface area contributed by atoms with Crippen LogP contribution >= 0.6 is 0 Å². The van der Waals surface area contributed by atoms with E-state index in [2.05, 4.69) is 4.74 Å². The molecule has 66 valence electrons. The summed E-state index contributed by atoms with van der Waals surface area (Å²) in [6.45, 7) is 0. The van der Waals surface area contributed by atoms with Crippen LogP contribution in [0.3, 0.4) is 0 Å². The molecule has 2 bridgehead atoms. The molecule has 4 heteroatoms. The first kappa shape index (κ1) is 6.32. The highest BCUT2D eigenvalue weighted by Gasteiger charge is 2.88. The van der Waals surface area contributed by atoms with Gasteiger partial charge in [0.1, 0.15) is 5.41 Å². The average Bonchev–Trinajstić information content (AvgIpc) is 2.40. The molecule has 0 N–H and O–H groups in total. The fourth-order valence-corrected chi connectivity index (χ4v) is 3.17. The van der Waals surface area contributed by atoms with E-state index < -0.39 is 5.41 Å². The molecule has 4 unspecified atom stereocenters. The molecule has 4 rings (SSSR count). The summed E-state index contributed by atoms with van der Waals surface area (Å²) in [5.41, 5.74) is -0.601. The zero-order chi connectivity index (χ0) is 8.79. The molecule has 0 radical (unpaired) electrons. The van der Waals surface area contributed by atoms with Gasteiger partial charge in [-0.1, -0.05) is 12.2 Å². The van der Waals surface area contributed by atoms with Crippen molar-refractivity contribution in [1.82, 2.24) is 0 Å². The lowest BCUT2D eigenvalue weighted by molar-refractivity contribution is -0.158. The molecule has 0 amide bonds. The van der Waals surface area contributed by atoms with Crippen LogP contribution in [0.1, 0.15) is 0 Å². The Kier molecular flexibility index (Phi) is 0.708. The third-order valence-corrected chi connectivity index (χ3v) is 3.72. The van der Waals surface area contributed by atoms with Crippen molar-refractivity contribution in [3.05, 3.63) is 12.2 Å². The first-order valence-corrected chi connectivity index (χ1v) is 4.36. The number of esters is 2. The highest BCUT2D eigenvalue weighted by Crippen LogP contribution is 2.74. The van der Waals surface area contributed by atoms with Crippen LogP contribution in [-0.2, 0) is 19.1 Å². The van der Waals surface area contributed by atoms with Gasteiger partial charge >= 0.3 is 11.9 Å². The number of fused-ring (bicyclic) bond motifs is 4. The number of carbonyl (C=O) groups excluding carboxylic acids is 2. The third-order valence-electron chi connectivity index (χ3n) is 3.72. The van der Waals surface area contributed by atoms with Crippen LogP contribution in [0, 0.1) is 17.3 Å². The van der Waals surface area contributed by atoms with Gasteiger partial charge in [-0.15, -0.1) is 0 Å². The van der Waals surface area contributed by atoms with E-state index in [0.29, 0.717) is 0 Å². The lowest BCUT2D eigenvalue weighted by Gasteiger charge is -2.10. The Morgan fingerprint density at radius 2 is 2.15 bits per heavy atom. The van der Waals surface area contributed by atoms with Crippen LogP contribution in [0.2, 0.25) is 0 Å². The Hall–Kier alpha value is -1.16. The van der Waals surface area contributed by atoms with Crippen molar-refractivity contribution in [1.29, 1.82) is 0 Å². The highest BCUT2D eigenvalue weighted by molar-refractivity contribution is 6.06. The maximum Gasteiger partial charge on any atom is 0.324 e. The van der Waals surface area contributed by atoms with Crippen LogP contribution in [0.5, 0.6) is 0 Å². The molecular formula is C9H6O4. The van der Waals surface area contributed by atoms with E-state index in [9.17, 15) is 9.59 Å². The molecule has 0 aromatic carbocycles. The number of carbonyl (C=O) groups is 2. The van der Waals surface area contributed by atoms with E-state index in [1.54, 1.807) is 0 Å². The number of hydrogen-bond donors (Lipinski definition) is 0. The second-order valence-electron chi connectivity index (χ2n) is 4.05. The topological polar surface area (TPSA) is 52.6 Å². The summed E-state index contributed by atoms with van der Waals surface area (Å²) in [6.07, 6.45) is 3.60. The molecule has 0 aromatic heterocycles. The van der Waals surface area contributed by atoms with Crippen molar-refractivity contribution in [2.24, 2.45) is 17.3 Å². The Bertz CT molecular complexity index is 385. The number of rotatable bonds is 0. The first-order chi connectivity index (χ1) is 6.26. The van der Waals surface area contributed by atoms with Crippen LogP contribution in [0.25, 0.3) is 0 Å². The molecule has 3 aliphatic heterocycles. The van der Waals surface area contributed by atoms with Crippen molar-refractivity contribution in [3.8, 4) is 0 Å². The molecule has 4 aliphatic rings. The number of hydrogen-bond acceptors (Lipinski definition) is 4. The van der Waals surface area contributed by atoms with Crippen molar-refractivity contribution in [2.75, 3.05) is 0 Å². The van der Waals surface area contributed by atoms with Crippen LogP contribution in [-0.4, -0.2) is 24.1 Å². The minimum Gasteiger partial charge on any atom is -0.392 e. The summed E-state index contributed by atoms with van der Waals surface area (Å²) in [5.74, 6) is -0.851. The van der Waals surface area contributed by atoms with E-state index in [4.69, 9.17) is 4.74 Å². The minimum atomic E-state index is -0.601. The SMILES string of the molecule is O=C1OC(=O)C23C4C=C[C@@H](O4)C2C13. The van der Waals surface area contributed by atoms with Gasteiger partial charge in [0.2, 0.25) is 0 Å². The maximum absolute atomic E-state index is 11.5. The zero-order valence-electron chi connectivity index (χ0n) is 6.60. The Morgan fingerprint density at radius 1 is 1.31 bits per heavy atom. The van der Waals surface area contributed by atoms with Gasteiger partial charge in [0, 0.05) is 5.92 Å². The summed E-state index contributed by atoms with van der Waals surface area (Å²) in [4.78, 5) is 22.7. The van der Waals surface area contributed by atoms with Gasteiger partial charge in [0.25, 0.3) is 0 Å². The van der Waals surface area contributed by atoms with Crippen LogP contribution < -0.4 is 0 Å². The molecule has 1 aliphatic carbocycles. The van der Waals surface area contributed by atoms with Crippen molar-refractivity contribution < 1.29 is 19.1 Å². The highest BCUT2D eigenvalue weighted by atomic mass is 16.6. The zero-order valence-corrected chi connectivity index (χ0v) is 6.60. The fourth-order valence-electron chi connectivity index (χ4n) is 3.17. The van der Waals surface area contributed by atoms with E-state index in [0.717, 1.165) is 0 Å². The first-order valence-electron chi connectivity index (χ1n) is 4.36. The summed E-state index contributed by atoms with van der Waals surface area (Å²) in [5, 5.41) is 0. The van der Waals surface area contributed by atoms with Crippen LogP contribution in [0.4, 0.5) is 0 Å². The van der Waals surface area contributed by atoms with Gasteiger partial charge in [-0.25, -0.2) is 0 Å². The summed E-state index contributed by atoms with van der Waals surface area (Å²) in [7, 11) is 0. The normalized spacial score (nSPS) is 59.4. The maximum atomic E-state index is 11.5.